The highest BCUT2D eigenvalue weighted by molar-refractivity contribution is 5.97. The number of nitrogens with zero attached hydrogens (tertiary/aromatic N) is 1. The topological polar surface area (TPSA) is 64.9 Å². The number of benzene rings is 1. The van der Waals surface area contributed by atoms with E-state index in [1.165, 1.54) is 11.8 Å². The first-order valence-corrected chi connectivity index (χ1v) is 7.02. The number of nitrogens with one attached hydrogen (secondary N) is 2. The third kappa shape index (κ3) is 5.31. The highest BCUT2D eigenvalue weighted by atomic mass is 16.1. The molecule has 4 heteroatoms. The van der Waals surface area contributed by atoms with E-state index in [2.05, 4.69) is 31.4 Å². The van der Waals surface area contributed by atoms with Crippen LogP contribution in [0.4, 0.5) is 5.69 Å². The minimum Gasteiger partial charge on any atom is -0.360 e. The zero-order valence-electron chi connectivity index (χ0n) is 13.3. The lowest BCUT2D eigenvalue weighted by Gasteiger charge is -2.19. The number of hydrogen-bond acceptors (Lipinski definition) is 3. The van der Waals surface area contributed by atoms with Crippen molar-refractivity contribution in [3.05, 3.63) is 41.6 Å². The summed E-state index contributed by atoms with van der Waals surface area (Å²) < 4.78 is 0. The SMILES string of the molecule is CC(C)NC(=O)/C(C#N)=C\Nc1ccc(C(C)(C)C)cc1. The first-order chi connectivity index (χ1) is 9.74. The fourth-order valence-electron chi connectivity index (χ4n) is 1.71. The Morgan fingerprint density at radius 1 is 1.24 bits per heavy atom. The summed E-state index contributed by atoms with van der Waals surface area (Å²) in [6.07, 6.45) is 1.43. The van der Waals surface area contributed by atoms with Crippen molar-refractivity contribution in [3.63, 3.8) is 0 Å². The molecule has 0 bridgehead atoms. The number of anilines is 1. The maximum Gasteiger partial charge on any atom is 0.263 e. The quantitative estimate of drug-likeness (QED) is 0.659. The van der Waals surface area contributed by atoms with E-state index in [9.17, 15) is 4.79 Å². The second-order valence-corrected chi connectivity index (χ2v) is 6.27. The van der Waals surface area contributed by atoms with Crippen molar-refractivity contribution in [2.24, 2.45) is 0 Å². The predicted octanol–water partition coefficient (Wildman–Crippen LogP) is 3.33. The van der Waals surface area contributed by atoms with Crippen molar-refractivity contribution in [1.29, 1.82) is 5.26 Å². The van der Waals surface area contributed by atoms with Crippen LogP contribution in [0.5, 0.6) is 0 Å². The van der Waals surface area contributed by atoms with Crippen molar-refractivity contribution < 1.29 is 4.79 Å². The molecule has 0 saturated carbocycles. The molecule has 0 aliphatic heterocycles. The molecule has 1 amide bonds. The van der Waals surface area contributed by atoms with Crippen LogP contribution in [0.25, 0.3) is 0 Å². The maximum atomic E-state index is 11.7. The molecule has 0 saturated heterocycles. The van der Waals surface area contributed by atoms with Crippen LogP contribution in [0, 0.1) is 11.3 Å². The molecule has 0 aliphatic carbocycles. The normalized spacial score (nSPS) is 12.0. The summed E-state index contributed by atoms with van der Waals surface area (Å²) in [5.74, 6) is -0.369. The lowest BCUT2D eigenvalue weighted by Crippen LogP contribution is -2.31. The molecule has 1 aromatic rings. The summed E-state index contributed by atoms with van der Waals surface area (Å²) in [6, 6.07) is 9.85. The van der Waals surface area contributed by atoms with Crippen molar-refractivity contribution in [2.75, 3.05) is 5.32 Å². The Balaban J connectivity index is 2.79. The largest absolute Gasteiger partial charge is 0.360 e. The van der Waals surface area contributed by atoms with Gasteiger partial charge in [0.2, 0.25) is 0 Å². The highest BCUT2D eigenvalue weighted by Crippen LogP contribution is 2.23. The molecule has 1 rings (SSSR count). The van der Waals surface area contributed by atoms with Crippen molar-refractivity contribution >= 4 is 11.6 Å². The zero-order valence-corrected chi connectivity index (χ0v) is 13.3. The molecule has 0 heterocycles. The van der Waals surface area contributed by atoms with E-state index in [-0.39, 0.29) is 22.9 Å². The number of hydrogen-bond donors (Lipinski definition) is 2. The molecular weight excluding hydrogens is 262 g/mol. The van der Waals surface area contributed by atoms with Gasteiger partial charge in [-0.15, -0.1) is 0 Å². The summed E-state index contributed by atoms with van der Waals surface area (Å²) in [7, 11) is 0. The van der Waals surface area contributed by atoms with Crippen molar-refractivity contribution in [3.8, 4) is 6.07 Å². The fraction of sp³-hybridized carbons (Fsp3) is 0.412. The van der Waals surface area contributed by atoms with Gasteiger partial charge in [0.05, 0.1) is 0 Å². The Bertz CT molecular complexity index is 557. The number of nitriles is 1. The first-order valence-electron chi connectivity index (χ1n) is 7.02. The minimum absolute atomic E-state index is 0.000295. The smallest absolute Gasteiger partial charge is 0.263 e. The van der Waals surface area contributed by atoms with E-state index < -0.39 is 0 Å². The molecule has 0 atom stereocenters. The molecule has 112 valence electrons. The number of rotatable bonds is 4. The molecule has 0 unspecified atom stereocenters. The third-order valence-electron chi connectivity index (χ3n) is 2.92. The van der Waals surface area contributed by atoms with Gasteiger partial charge in [0.1, 0.15) is 11.6 Å². The van der Waals surface area contributed by atoms with E-state index in [1.54, 1.807) is 0 Å². The van der Waals surface area contributed by atoms with E-state index >= 15 is 0 Å². The average Bonchev–Trinajstić information content (AvgIpc) is 2.38. The van der Waals surface area contributed by atoms with Gasteiger partial charge in [-0.25, -0.2) is 0 Å². The Hall–Kier alpha value is -2.28. The Morgan fingerprint density at radius 3 is 2.24 bits per heavy atom. The van der Waals surface area contributed by atoms with E-state index in [0.717, 1.165) is 5.69 Å². The van der Waals surface area contributed by atoms with Gasteiger partial charge in [0, 0.05) is 17.9 Å². The lowest BCUT2D eigenvalue weighted by atomic mass is 9.87. The highest BCUT2D eigenvalue weighted by Gasteiger charge is 2.13. The van der Waals surface area contributed by atoms with E-state index in [4.69, 9.17) is 5.26 Å². The van der Waals surface area contributed by atoms with Crippen LogP contribution in [-0.2, 0) is 10.2 Å². The van der Waals surface area contributed by atoms with Crippen molar-refractivity contribution in [2.45, 2.75) is 46.1 Å². The second kappa shape index (κ2) is 6.94. The molecule has 0 radical (unpaired) electrons. The molecule has 0 spiro atoms. The Kier molecular flexibility index (Phi) is 5.54. The molecule has 2 N–H and O–H groups in total. The van der Waals surface area contributed by atoms with Gasteiger partial charge in [-0.1, -0.05) is 32.9 Å². The molecule has 0 aromatic heterocycles. The third-order valence-corrected chi connectivity index (χ3v) is 2.92. The lowest BCUT2D eigenvalue weighted by molar-refractivity contribution is -0.117. The summed E-state index contributed by atoms with van der Waals surface area (Å²) >= 11 is 0. The number of carbonyl (C=O) groups excluding carboxylic acids is 1. The van der Waals surface area contributed by atoms with E-state index in [0.29, 0.717) is 0 Å². The first kappa shape index (κ1) is 16.8. The van der Waals surface area contributed by atoms with Crippen LogP contribution in [0.3, 0.4) is 0 Å². The van der Waals surface area contributed by atoms with Crippen LogP contribution in [0.2, 0.25) is 0 Å². The van der Waals surface area contributed by atoms with Crippen LogP contribution >= 0.6 is 0 Å². The standard InChI is InChI=1S/C17H23N3O/c1-12(2)20-16(21)13(10-18)11-19-15-8-6-14(7-9-15)17(3,4)5/h6-9,11-12,19H,1-5H3,(H,20,21)/b13-11-. The van der Waals surface area contributed by atoms with E-state index in [1.807, 2.05) is 44.2 Å². The minimum atomic E-state index is -0.369. The molecule has 0 fully saturated rings. The summed E-state index contributed by atoms with van der Waals surface area (Å²) in [5.41, 5.74) is 2.23. The molecule has 1 aromatic carbocycles. The van der Waals surface area contributed by atoms with Crippen LogP contribution in [0.15, 0.2) is 36.0 Å². The van der Waals surface area contributed by atoms with Crippen LogP contribution in [0.1, 0.15) is 40.2 Å². The fourth-order valence-corrected chi connectivity index (χ4v) is 1.71. The molecule has 4 nitrogen and oxygen atoms in total. The second-order valence-electron chi connectivity index (χ2n) is 6.27. The van der Waals surface area contributed by atoms with Gasteiger partial charge in [-0.3, -0.25) is 4.79 Å². The Morgan fingerprint density at radius 2 is 1.81 bits per heavy atom. The van der Waals surface area contributed by atoms with Gasteiger partial charge in [-0.05, 0) is 37.0 Å². The van der Waals surface area contributed by atoms with Gasteiger partial charge < -0.3 is 10.6 Å². The predicted molar refractivity (Wildman–Crippen MR) is 85.7 cm³/mol. The maximum absolute atomic E-state index is 11.7. The molecular formula is C17H23N3O. The van der Waals surface area contributed by atoms with Gasteiger partial charge in [0.25, 0.3) is 5.91 Å². The van der Waals surface area contributed by atoms with Crippen LogP contribution in [-0.4, -0.2) is 11.9 Å². The average molecular weight is 285 g/mol. The zero-order chi connectivity index (χ0) is 16.0. The Labute approximate surface area is 126 Å². The summed E-state index contributed by atoms with van der Waals surface area (Å²) in [4.78, 5) is 11.7. The van der Waals surface area contributed by atoms with Gasteiger partial charge >= 0.3 is 0 Å². The van der Waals surface area contributed by atoms with Crippen molar-refractivity contribution in [1.82, 2.24) is 5.32 Å². The summed E-state index contributed by atoms with van der Waals surface area (Å²) in [5, 5.41) is 14.7. The number of amides is 1. The van der Waals surface area contributed by atoms with Gasteiger partial charge in [0.15, 0.2) is 0 Å². The van der Waals surface area contributed by atoms with Crippen LogP contribution < -0.4 is 10.6 Å². The summed E-state index contributed by atoms with van der Waals surface area (Å²) in [6.45, 7) is 10.2. The monoisotopic (exact) mass is 285 g/mol. The molecule has 0 aliphatic rings. The number of carbonyl (C=O) groups is 1. The molecule has 21 heavy (non-hydrogen) atoms. The van der Waals surface area contributed by atoms with Gasteiger partial charge in [-0.2, -0.15) is 5.26 Å².